The van der Waals surface area contributed by atoms with Gasteiger partial charge in [0.1, 0.15) is 12.2 Å². The molecule has 0 spiro atoms. The molecule has 17 nitrogen and oxygen atoms in total. The zero-order valence-corrected chi connectivity index (χ0v) is 19.5. The van der Waals surface area contributed by atoms with E-state index in [0.29, 0.717) is 13.3 Å². The maximum atomic E-state index is 12.0. The minimum Gasteiger partial charge on any atom is -0.388 e. The minimum absolute atomic E-state index is 0.676. The summed E-state index contributed by atoms with van der Waals surface area (Å²) in [5.74, 6) is 0. The highest BCUT2D eigenvalue weighted by Gasteiger charge is 2.52. The third-order valence-corrected chi connectivity index (χ3v) is 5.92. The smallest absolute Gasteiger partial charge is 0.388 e. The lowest BCUT2D eigenvalue weighted by atomic mass is 9.93. The molecule has 6 N–H and O–H groups in total. The predicted molar refractivity (Wildman–Crippen MR) is 103 cm³/mol. The van der Waals surface area contributed by atoms with Gasteiger partial charge in [0.25, 0.3) is 5.56 Å². The fraction of sp³-hybridized carbons (Fsp3) is 0.667. The van der Waals surface area contributed by atoms with Gasteiger partial charge in [0, 0.05) is 25.6 Å². The molecule has 1 aromatic rings. The summed E-state index contributed by atoms with van der Waals surface area (Å²) in [6.07, 6.45) is -3.09. The molecule has 0 bridgehead atoms. The average molecular weight is 525 g/mol. The summed E-state index contributed by atoms with van der Waals surface area (Å²) in [4.78, 5) is 43.7. The van der Waals surface area contributed by atoms with Crippen molar-refractivity contribution in [2.45, 2.75) is 30.9 Å². The number of H-pyrrole nitrogens is 1. The van der Waals surface area contributed by atoms with Crippen LogP contribution in [0.4, 0.5) is 0 Å². The first-order valence-electron chi connectivity index (χ1n) is 8.48. The molecule has 20 heteroatoms. The number of ether oxygens (including phenoxy) is 1. The van der Waals surface area contributed by atoms with Crippen LogP contribution in [-0.4, -0.2) is 62.1 Å². The fourth-order valence-corrected chi connectivity index (χ4v) is 4.67. The average Bonchev–Trinajstić information content (AvgIpc) is 2.87. The third kappa shape index (κ3) is 7.23. The van der Waals surface area contributed by atoms with Gasteiger partial charge in [-0.25, -0.2) is 9.36 Å². The first-order valence-corrected chi connectivity index (χ1v) is 14.0. The van der Waals surface area contributed by atoms with Gasteiger partial charge in [-0.15, -0.1) is 18.7 Å². The van der Waals surface area contributed by atoms with Crippen molar-refractivity contribution in [2.75, 3.05) is 19.9 Å². The number of nitrogens with zero attached hydrogens (tertiary/aromatic N) is 1. The Balaban J connectivity index is 2.01. The SMILES string of the molecule is C[C@@]1(N)[C@H](O)[C@@H](COP(=O)(O)OOP(C)(=O)OOP(C)(=O)O)O[C@H]1n1ccc(=O)[nH]c1=O. The lowest BCUT2D eigenvalue weighted by Crippen LogP contribution is -2.53. The molecule has 7 atom stereocenters. The van der Waals surface area contributed by atoms with Gasteiger partial charge in [-0.1, -0.05) is 0 Å². The standard InChI is InChI=1S/C12H22N3O14P3/c1-12(13)9(17)7(25-10(12)15-5-4-8(16)14-11(15)18)6-24-32(22,23)29-28-31(3,21)27-26-30(2,19)20/h4-5,7,9-10,17H,6,13H2,1-3H3,(H,19,20)(H,22,23)(H,14,16,18)/t7-,9-,10-,12-,31?/m1/s1. The van der Waals surface area contributed by atoms with E-state index in [1.165, 1.54) is 6.92 Å². The number of phosphoric acid groups is 1. The van der Waals surface area contributed by atoms with E-state index in [0.717, 1.165) is 16.8 Å². The van der Waals surface area contributed by atoms with Gasteiger partial charge in [0.15, 0.2) is 6.23 Å². The second kappa shape index (κ2) is 9.68. The molecule has 1 aliphatic rings. The van der Waals surface area contributed by atoms with Gasteiger partial charge >= 0.3 is 28.7 Å². The summed E-state index contributed by atoms with van der Waals surface area (Å²) >= 11 is 0. The van der Waals surface area contributed by atoms with Crippen LogP contribution in [0, 0.1) is 0 Å². The van der Waals surface area contributed by atoms with Crippen LogP contribution in [0.5, 0.6) is 0 Å². The number of nitrogens with two attached hydrogens (primary N) is 1. The molecule has 2 rings (SSSR count). The van der Waals surface area contributed by atoms with Crippen molar-refractivity contribution in [1.29, 1.82) is 0 Å². The summed E-state index contributed by atoms with van der Waals surface area (Å²) in [6, 6.07) is 1.02. The van der Waals surface area contributed by atoms with E-state index in [2.05, 4.69) is 23.2 Å². The van der Waals surface area contributed by atoms with Crippen LogP contribution in [-0.2, 0) is 41.7 Å². The van der Waals surface area contributed by atoms with Gasteiger partial charge < -0.3 is 25.4 Å². The molecule has 3 unspecified atom stereocenters. The number of hydrogen-bond donors (Lipinski definition) is 5. The van der Waals surface area contributed by atoms with Gasteiger partial charge in [0.2, 0.25) is 0 Å². The zero-order valence-electron chi connectivity index (χ0n) is 16.8. The van der Waals surface area contributed by atoms with E-state index in [9.17, 15) is 33.3 Å². The van der Waals surface area contributed by atoms with E-state index >= 15 is 0 Å². The maximum absolute atomic E-state index is 12.0. The number of nitrogens with one attached hydrogen (secondary N) is 1. The number of hydrogen-bond acceptors (Lipinski definition) is 13. The molecule has 0 aliphatic carbocycles. The molecular weight excluding hydrogens is 503 g/mol. The molecule has 1 aliphatic heterocycles. The molecule has 1 fully saturated rings. The monoisotopic (exact) mass is 525 g/mol. The molecular formula is C12H22N3O14P3. The molecule has 32 heavy (non-hydrogen) atoms. The quantitative estimate of drug-likeness (QED) is 0.142. The molecule has 0 amide bonds. The minimum atomic E-state index is -5.09. The van der Waals surface area contributed by atoms with Crippen molar-refractivity contribution in [3.63, 3.8) is 0 Å². The highest BCUT2D eigenvalue weighted by atomic mass is 31.2. The van der Waals surface area contributed by atoms with Gasteiger partial charge in [0.05, 0.1) is 12.1 Å². The van der Waals surface area contributed by atoms with E-state index < -0.39 is 64.8 Å². The lowest BCUT2D eigenvalue weighted by Gasteiger charge is -2.28. The predicted octanol–water partition coefficient (Wildman–Crippen LogP) is -0.836. The Bertz CT molecular complexity index is 1080. The van der Waals surface area contributed by atoms with E-state index in [-0.39, 0.29) is 0 Å². The maximum Gasteiger partial charge on any atom is 0.500 e. The van der Waals surface area contributed by atoms with Crippen molar-refractivity contribution in [3.8, 4) is 0 Å². The largest absolute Gasteiger partial charge is 0.500 e. The van der Waals surface area contributed by atoms with Crippen LogP contribution in [0.15, 0.2) is 21.9 Å². The number of rotatable bonds is 10. The van der Waals surface area contributed by atoms with Crippen molar-refractivity contribution in [1.82, 2.24) is 9.55 Å². The molecule has 0 radical (unpaired) electrons. The Morgan fingerprint density at radius 3 is 2.34 bits per heavy atom. The van der Waals surface area contributed by atoms with E-state index in [4.69, 9.17) is 15.4 Å². The number of aliphatic hydroxyl groups excluding tert-OH is 1. The Labute approximate surface area is 179 Å². The summed E-state index contributed by atoms with van der Waals surface area (Å²) in [5.41, 5.74) is 2.88. The first kappa shape index (κ1) is 27.2. The Kier molecular flexibility index (Phi) is 8.23. The van der Waals surface area contributed by atoms with Crippen molar-refractivity contribution < 1.29 is 56.5 Å². The van der Waals surface area contributed by atoms with Crippen LogP contribution in [0.3, 0.4) is 0 Å². The fourth-order valence-electron chi connectivity index (χ4n) is 2.47. The molecule has 1 saturated heterocycles. The number of aromatic nitrogens is 2. The van der Waals surface area contributed by atoms with Crippen LogP contribution in [0.1, 0.15) is 13.2 Å². The van der Waals surface area contributed by atoms with Crippen molar-refractivity contribution >= 4 is 23.0 Å². The second-order valence-corrected chi connectivity index (χ2v) is 11.9. The van der Waals surface area contributed by atoms with Crippen LogP contribution in [0.2, 0.25) is 0 Å². The van der Waals surface area contributed by atoms with Crippen LogP contribution < -0.4 is 17.0 Å². The highest BCUT2D eigenvalue weighted by molar-refractivity contribution is 7.55. The number of aromatic amines is 1. The van der Waals surface area contributed by atoms with Crippen molar-refractivity contribution in [2.24, 2.45) is 5.73 Å². The Hall–Kier alpha value is -1.03. The lowest BCUT2D eigenvalue weighted by molar-refractivity contribution is -0.185. The Morgan fingerprint density at radius 1 is 1.19 bits per heavy atom. The zero-order chi connectivity index (χ0) is 24.5. The molecule has 0 aromatic carbocycles. The van der Waals surface area contributed by atoms with Crippen LogP contribution >= 0.6 is 23.0 Å². The van der Waals surface area contributed by atoms with E-state index in [1.54, 1.807) is 0 Å². The number of aliphatic hydroxyl groups is 1. The van der Waals surface area contributed by atoms with Gasteiger partial charge in [-0.3, -0.25) is 28.0 Å². The topological polar surface area (TPSA) is 248 Å². The highest BCUT2D eigenvalue weighted by Crippen LogP contribution is 2.55. The Morgan fingerprint density at radius 2 is 1.78 bits per heavy atom. The van der Waals surface area contributed by atoms with Gasteiger partial charge in [-0.05, 0) is 6.92 Å². The summed E-state index contributed by atoms with van der Waals surface area (Å²) in [5, 5.41) is 10.4. The molecule has 1 aromatic heterocycles. The van der Waals surface area contributed by atoms with Crippen LogP contribution in [0.25, 0.3) is 0 Å². The first-order chi connectivity index (χ1) is 14.4. The summed E-state index contributed by atoms with van der Waals surface area (Å²) in [7, 11) is -13.7. The van der Waals surface area contributed by atoms with Gasteiger partial charge in [-0.2, -0.15) is 0 Å². The van der Waals surface area contributed by atoms with Crippen molar-refractivity contribution in [3.05, 3.63) is 33.1 Å². The normalized spacial score (nSPS) is 31.5. The second-order valence-electron chi connectivity index (χ2n) is 6.99. The third-order valence-electron chi connectivity index (χ3n) is 3.90. The van der Waals surface area contributed by atoms with E-state index in [1.807, 2.05) is 4.98 Å². The molecule has 0 saturated carbocycles. The molecule has 184 valence electrons. The number of phosphoric ester groups is 1. The summed E-state index contributed by atoms with van der Waals surface area (Å²) in [6.45, 7) is 1.92. The molecule has 2 heterocycles. The summed E-state index contributed by atoms with van der Waals surface area (Å²) < 4.78 is 61.8.